The lowest BCUT2D eigenvalue weighted by Gasteiger charge is -2.27. The SMILES string of the molecule is Cl.O=C(N[C@H]1c2ccccc2C[C@H]1O)C1Cc2ccccc2CN1. The standard InChI is InChI=1S/C19H20N2O2.ClH/c22-17-10-13-6-3-4-8-15(13)18(17)21-19(23)16-9-12-5-1-2-7-14(12)11-20-16;/h1-8,16-18,20,22H,9-11H2,(H,21,23);1H/t16?,17-,18+;/m1./s1. The number of hydrogen-bond donors (Lipinski definition) is 3. The van der Waals surface area contributed by atoms with Crippen molar-refractivity contribution in [1.29, 1.82) is 0 Å². The second-order valence-corrected chi connectivity index (χ2v) is 6.36. The number of carbonyl (C=O) groups is 1. The molecule has 1 amide bonds. The Morgan fingerprint density at radius 1 is 1.00 bits per heavy atom. The number of hydrogen-bond acceptors (Lipinski definition) is 3. The summed E-state index contributed by atoms with van der Waals surface area (Å²) < 4.78 is 0. The molecule has 2 aliphatic rings. The molecule has 126 valence electrons. The van der Waals surface area contributed by atoms with E-state index in [0.29, 0.717) is 19.4 Å². The number of fused-ring (bicyclic) bond motifs is 2. The van der Waals surface area contributed by atoms with Crippen LogP contribution in [0.2, 0.25) is 0 Å². The molecule has 1 unspecified atom stereocenters. The predicted molar refractivity (Wildman–Crippen MR) is 95.1 cm³/mol. The summed E-state index contributed by atoms with van der Waals surface area (Å²) in [5.41, 5.74) is 4.62. The van der Waals surface area contributed by atoms with E-state index in [-0.39, 0.29) is 30.4 Å². The van der Waals surface area contributed by atoms with E-state index in [1.165, 1.54) is 11.1 Å². The van der Waals surface area contributed by atoms with E-state index in [2.05, 4.69) is 22.8 Å². The molecule has 5 heteroatoms. The minimum atomic E-state index is -0.549. The first-order valence-electron chi connectivity index (χ1n) is 8.09. The van der Waals surface area contributed by atoms with Crippen molar-refractivity contribution in [2.75, 3.05) is 0 Å². The topological polar surface area (TPSA) is 61.4 Å². The lowest BCUT2D eigenvalue weighted by molar-refractivity contribution is -0.124. The molecule has 1 aliphatic heterocycles. The highest BCUT2D eigenvalue weighted by molar-refractivity contribution is 5.85. The Balaban J connectivity index is 0.00000169. The Bertz CT molecular complexity index is 750. The monoisotopic (exact) mass is 344 g/mol. The molecule has 4 rings (SSSR count). The molecule has 1 aliphatic carbocycles. The maximum atomic E-state index is 12.6. The molecule has 0 radical (unpaired) electrons. The third-order valence-corrected chi connectivity index (χ3v) is 4.90. The van der Waals surface area contributed by atoms with Crippen LogP contribution in [0.3, 0.4) is 0 Å². The van der Waals surface area contributed by atoms with Gasteiger partial charge in [-0.05, 0) is 28.7 Å². The van der Waals surface area contributed by atoms with Gasteiger partial charge < -0.3 is 15.7 Å². The Kier molecular flexibility index (Phi) is 4.90. The van der Waals surface area contributed by atoms with Gasteiger partial charge in [-0.2, -0.15) is 0 Å². The number of nitrogens with one attached hydrogen (secondary N) is 2. The summed E-state index contributed by atoms with van der Waals surface area (Å²) in [6, 6.07) is 15.6. The number of halogens is 1. The van der Waals surface area contributed by atoms with Crippen molar-refractivity contribution < 1.29 is 9.90 Å². The summed E-state index contributed by atoms with van der Waals surface area (Å²) in [5.74, 6) is -0.0414. The van der Waals surface area contributed by atoms with Crippen LogP contribution in [0.1, 0.15) is 28.3 Å². The summed E-state index contributed by atoms with van der Waals surface area (Å²) >= 11 is 0. The van der Waals surface area contributed by atoms with Crippen LogP contribution >= 0.6 is 12.4 Å². The van der Waals surface area contributed by atoms with Crippen molar-refractivity contribution in [3.05, 3.63) is 70.8 Å². The van der Waals surface area contributed by atoms with E-state index in [1.54, 1.807) is 0 Å². The molecule has 0 aromatic heterocycles. The maximum absolute atomic E-state index is 12.6. The van der Waals surface area contributed by atoms with Gasteiger partial charge in [-0.25, -0.2) is 0 Å². The number of carbonyl (C=O) groups excluding carboxylic acids is 1. The fourth-order valence-corrected chi connectivity index (χ4v) is 3.64. The van der Waals surface area contributed by atoms with Gasteiger partial charge in [-0.3, -0.25) is 4.79 Å². The normalized spacial score (nSPS) is 24.5. The fraction of sp³-hybridized carbons (Fsp3) is 0.316. The molecule has 0 saturated heterocycles. The van der Waals surface area contributed by atoms with Gasteiger partial charge in [0.15, 0.2) is 0 Å². The maximum Gasteiger partial charge on any atom is 0.238 e. The molecule has 0 spiro atoms. The zero-order valence-corrected chi connectivity index (χ0v) is 14.1. The smallest absolute Gasteiger partial charge is 0.238 e. The van der Waals surface area contributed by atoms with Crippen LogP contribution in [0.5, 0.6) is 0 Å². The number of aliphatic hydroxyl groups is 1. The lowest BCUT2D eigenvalue weighted by Crippen LogP contribution is -2.49. The van der Waals surface area contributed by atoms with Crippen LogP contribution in [0.4, 0.5) is 0 Å². The van der Waals surface area contributed by atoms with E-state index in [4.69, 9.17) is 0 Å². The van der Waals surface area contributed by atoms with Crippen LogP contribution in [-0.2, 0) is 24.2 Å². The van der Waals surface area contributed by atoms with Gasteiger partial charge >= 0.3 is 0 Å². The minimum Gasteiger partial charge on any atom is -0.390 e. The largest absolute Gasteiger partial charge is 0.390 e. The average molecular weight is 345 g/mol. The molecule has 0 fully saturated rings. The van der Waals surface area contributed by atoms with Crippen LogP contribution in [0, 0.1) is 0 Å². The van der Waals surface area contributed by atoms with Crippen molar-refractivity contribution >= 4 is 18.3 Å². The Labute approximate surface area is 147 Å². The van der Waals surface area contributed by atoms with E-state index in [1.807, 2.05) is 36.4 Å². The summed E-state index contributed by atoms with van der Waals surface area (Å²) in [5, 5.41) is 16.6. The molecule has 0 bridgehead atoms. The fourth-order valence-electron chi connectivity index (χ4n) is 3.64. The van der Waals surface area contributed by atoms with Crippen LogP contribution < -0.4 is 10.6 Å². The van der Waals surface area contributed by atoms with Gasteiger partial charge in [0.2, 0.25) is 5.91 Å². The molecule has 1 heterocycles. The van der Waals surface area contributed by atoms with Crippen LogP contribution in [0.15, 0.2) is 48.5 Å². The van der Waals surface area contributed by atoms with Crippen LogP contribution in [0.25, 0.3) is 0 Å². The first kappa shape index (κ1) is 17.0. The number of rotatable bonds is 2. The zero-order chi connectivity index (χ0) is 15.8. The van der Waals surface area contributed by atoms with Crippen molar-refractivity contribution in [2.24, 2.45) is 0 Å². The van der Waals surface area contributed by atoms with Gasteiger partial charge in [-0.15, -0.1) is 12.4 Å². The van der Waals surface area contributed by atoms with E-state index >= 15 is 0 Å². The molecule has 2 aromatic rings. The van der Waals surface area contributed by atoms with Gasteiger partial charge in [-0.1, -0.05) is 48.5 Å². The minimum absolute atomic E-state index is 0. The third-order valence-electron chi connectivity index (χ3n) is 4.90. The molecular formula is C19H21ClN2O2. The van der Waals surface area contributed by atoms with Crippen LogP contribution in [-0.4, -0.2) is 23.2 Å². The van der Waals surface area contributed by atoms with Crippen molar-refractivity contribution in [2.45, 2.75) is 37.6 Å². The van der Waals surface area contributed by atoms with Gasteiger partial charge in [0.25, 0.3) is 0 Å². The Morgan fingerprint density at radius 3 is 2.46 bits per heavy atom. The number of aliphatic hydroxyl groups excluding tert-OH is 1. The van der Waals surface area contributed by atoms with E-state index in [9.17, 15) is 9.90 Å². The third kappa shape index (κ3) is 3.05. The summed E-state index contributed by atoms with van der Waals surface area (Å²) in [7, 11) is 0. The summed E-state index contributed by atoms with van der Waals surface area (Å²) in [4.78, 5) is 12.6. The average Bonchev–Trinajstić information content (AvgIpc) is 2.90. The second kappa shape index (κ2) is 6.93. The second-order valence-electron chi connectivity index (χ2n) is 6.36. The van der Waals surface area contributed by atoms with Crippen molar-refractivity contribution in [1.82, 2.24) is 10.6 Å². The first-order chi connectivity index (χ1) is 11.2. The highest BCUT2D eigenvalue weighted by Crippen LogP contribution is 2.31. The molecule has 4 nitrogen and oxygen atoms in total. The van der Waals surface area contributed by atoms with E-state index in [0.717, 1.165) is 11.1 Å². The highest BCUT2D eigenvalue weighted by Gasteiger charge is 2.34. The summed E-state index contributed by atoms with van der Waals surface area (Å²) in [6.07, 6.45) is 0.737. The molecule has 3 atom stereocenters. The van der Waals surface area contributed by atoms with Gasteiger partial charge in [0.05, 0.1) is 18.2 Å². The molecule has 2 aromatic carbocycles. The highest BCUT2D eigenvalue weighted by atomic mass is 35.5. The molecule has 3 N–H and O–H groups in total. The molecule has 24 heavy (non-hydrogen) atoms. The van der Waals surface area contributed by atoms with Crippen molar-refractivity contribution in [3.8, 4) is 0 Å². The first-order valence-corrected chi connectivity index (χ1v) is 8.09. The quantitative estimate of drug-likeness (QED) is 0.779. The Morgan fingerprint density at radius 2 is 1.67 bits per heavy atom. The number of benzene rings is 2. The zero-order valence-electron chi connectivity index (χ0n) is 13.2. The molecule has 0 saturated carbocycles. The van der Waals surface area contributed by atoms with Gasteiger partial charge in [0, 0.05) is 13.0 Å². The lowest BCUT2D eigenvalue weighted by atomic mass is 9.95. The van der Waals surface area contributed by atoms with Crippen molar-refractivity contribution in [3.63, 3.8) is 0 Å². The molecular weight excluding hydrogens is 324 g/mol. The van der Waals surface area contributed by atoms with E-state index < -0.39 is 6.10 Å². The Hall–Kier alpha value is -1.88. The predicted octanol–water partition coefficient (Wildman–Crippen LogP) is 1.90. The summed E-state index contributed by atoms with van der Waals surface area (Å²) in [6.45, 7) is 0.706. The number of amides is 1. The van der Waals surface area contributed by atoms with Gasteiger partial charge in [0.1, 0.15) is 0 Å².